The SMILES string of the molecule is O=c1[nH]cc(-c2ccccc2)c(=S)[nH]1. The Labute approximate surface area is 85.4 Å². The summed E-state index contributed by atoms with van der Waals surface area (Å²) in [7, 11) is 0. The van der Waals surface area contributed by atoms with Crippen molar-refractivity contribution in [1.29, 1.82) is 0 Å². The molecule has 70 valence electrons. The summed E-state index contributed by atoms with van der Waals surface area (Å²) in [5.74, 6) is 0. The summed E-state index contributed by atoms with van der Waals surface area (Å²) in [5, 5.41) is 0. The maximum atomic E-state index is 10.9. The lowest BCUT2D eigenvalue weighted by Crippen LogP contribution is -2.09. The van der Waals surface area contributed by atoms with E-state index in [4.69, 9.17) is 12.2 Å². The predicted molar refractivity (Wildman–Crippen MR) is 57.7 cm³/mol. The molecule has 0 fully saturated rings. The molecule has 1 aromatic carbocycles. The van der Waals surface area contributed by atoms with Gasteiger partial charge in [0.1, 0.15) is 4.64 Å². The van der Waals surface area contributed by atoms with Crippen LogP contribution >= 0.6 is 12.2 Å². The van der Waals surface area contributed by atoms with E-state index in [9.17, 15) is 4.79 Å². The minimum absolute atomic E-state index is 0.283. The van der Waals surface area contributed by atoms with Crippen LogP contribution in [0.5, 0.6) is 0 Å². The Morgan fingerprint density at radius 1 is 1.14 bits per heavy atom. The molecule has 0 saturated carbocycles. The maximum Gasteiger partial charge on any atom is 0.323 e. The molecule has 0 bridgehead atoms. The first-order chi connectivity index (χ1) is 6.77. The third-order valence-corrected chi connectivity index (χ3v) is 2.23. The average Bonchev–Trinajstić information content (AvgIpc) is 2.19. The van der Waals surface area contributed by atoms with Crippen LogP contribution in [0, 0.1) is 4.64 Å². The fraction of sp³-hybridized carbons (Fsp3) is 0. The van der Waals surface area contributed by atoms with Gasteiger partial charge in [-0.15, -0.1) is 0 Å². The zero-order chi connectivity index (χ0) is 9.97. The lowest BCUT2D eigenvalue weighted by atomic mass is 10.1. The fourth-order valence-electron chi connectivity index (χ4n) is 1.24. The highest BCUT2D eigenvalue weighted by atomic mass is 32.1. The molecule has 1 aromatic heterocycles. The standard InChI is InChI=1S/C10H8N2OS/c13-10-11-6-8(9(14)12-10)7-4-2-1-3-5-7/h1-6H,(H2,11,12,13,14). The van der Waals surface area contributed by atoms with Crippen LogP contribution in [-0.4, -0.2) is 9.97 Å². The van der Waals surface area contributed by atoms with Crippen molar-refractivity contribution < 1.29 is 0 Å². The molecule has 4 heteroatoms. The number of rotatable bonds is 1. The van der Waals surface area contributed by atoms with Crippen molar-refractivity contribution in [2.75, 3.05) is 0 Å². The molecule has 0 spiro atoms. The van der Waals surface area contributed by atoms with Crippen molar-refractivity contribution in [3.63, 3.8) is 0 Å². The Kier molecular flexibility index (Phi) is 2.28. The second kappa shape index (κ2) is 3.59. The van der Waals surface area contributed by atoms with Crippen molar-refractivity contribution >= 4 is 12.2 Å². The van der Waals surface area contributed by atoms with Crippen LogP contribution in [0.25, 0.3) is 11.1 Å². The van der Waals surface area contributed by atoms with E-state index in [2.05, 4.69) is 9.97 Å². The lowest BCUT2D eigenvalue weighted by Gasteiger charge is -1.99. The molecular weight excluding hydrogens is 196 g/mol. The molecule has 2 aromatic rings. The molecule has 0 saturated heterocycles. The summed E-state index contributed by atoms with van der Waals surface area (Å²) in [6.07, 6.45) is 1.62. The first-order valence-corrected chi connectivity index (χ1v) is 4.55. The van der Waals surface area contributed by atoms with Crippen LogP contribution in [0.2, 0.25) is 0 Å². The molecule has 2 N–H and O–H groups in total. The fourth-order valence-corrected chi connectivity index (χ4v) is 1.51. The van der Waals surface area contributed by atoms with Gasteiger partial charge in [0.15, 0.2) is 0 Å². The van der Waals surface area contributed by atoms with Gasteiger partial charge in [0.2, 0.25) is 0 Å². The molecule has 0 atom stereocenters. The normalized spacial score (nSPS) is 10.0. The van der Waals surface area contributed by atoms with Gasteiger partial charge in [-0.05, 0) is 5.56 Å². The number of H-pyrrole nitrogens is 2. The molecule has 1 heterocycles. The van der Waals surface area contributed by atoms with Crippen LogP contribution in [0.3, 0.4) is 0 Å². The van der Waals surface area contributed by atoms with Gasteiger partial charge in [0.25, 0.3) is 0 Å². The Bertz CT molecular complexity index is 542. The van der Waals surface area contributed by atoms with Gasteiger partial charge in [-0.25, -0.2) is 4.79 Å². The maximum absolute atomic E-state index is 10.9. The minimum Gasteiger partial charge on any atom is -0.314 e. The van der Waals surface area contributed by atoms with Crippen LogP contribution in [-0.2, 0) is 0 Å². The molecule has 0 unspecified atom stereocenters. The van der Waals surface area contributed by atoms with E-state index in [-0.39, 0.29) is 5.69 Å². The van der Waals surface area contributed by atoms with Crippen LogP contribution in [0.1, 0.15) is 0 Å². The second-order valence-corrected chi connectivity index (χ2v) is 3.26. The van der Waals surface area contributed by atoms with Crippen molar-refractivity contribution in [1.82, 2.24) is 9.97 Å². The van der Waals surface area contributed by atoms with Crippen molar-refractivity contribution in [2.24, 2.45) is 0 Å². The minimum atomic E-state index is -0.283. The molecule has 3 nitrogen and oxygen atoms in total. The molecule has 0 aliphatic heterocycles. The first-order valence-electron chi connectivity index (χ1n) is 4.15. The molecular formula is C10H8N2OS. The Morgan fingerprint density at radius 3 is 2.50 bits per heavy atom. The van der Waals surface area contributed by atoms with Crippen molar-refractivity contribution in [3.8, 4) is 11.1 Å². The number of aromatic amines is 2. The number of hydrogen-bond acceptors (Lipinski definition) is 2. The number of hydrogen-bond donors (Lipinski definition) is 2. The van der Waals surface area contributed by atoms with Crippen molar-refractivity contribution in [3.05, 3.63) is 51.7 Å². The zero-order valence-corrected chi connectivity index (χ0v) is 8.10. The number of benzene rings is 1. The monoisotopic (exact) mass is 204 g/mol. The van der Waals surface area contributed by atoms with E-state index in [0.717, 1.165) is 11.1 Å². The van der Waals surface area contributed by atoms with E-state index in [1.807, 2.05) is 30.3 Å². The zero-order valence-electron chi connectivity index (χ0n) is 7.28. The highest BCUT2D eigenvalue weighted by Gasteiger charge is 1.98. The van der Waals surface area contributed by atoms with E-state index in [0.29, 0.717) is 4.64 Å². The third kappa shape index (κ3) is 1.65. The van der Waals surface area contributed by atoms with E-state index in [1.165, 1.54) is 0 Å². The quantitative estimate of drug-likeness (QED) is 0.699. The Morgan fingerprint density at radius 2 is 1.86 bits per heavy atom. The van der Waals surface area contributed by atoms with Gasteiger partial charge < -0.3 is 4.98 Å². The lowest BCUT2D eigenvalue weighted by molar-refractivity contribution is 1.06. The Balaban J connectivity index is 2.64. The third-order valence-electron chi connectivity index (χ3n) is 1.90. The summed E-state index contributed by atoms with van der Waals surface area (Å²) in [6.45, 7) is 0. The molecule has 0 aliphatic carbocycles. The van der Waals surface area contributed by atoms with Gasteiger partial charge in [-0.2, -0.15) is 0 Å². The highest BCUT2D eigenvalue weighted by molar-refractivity contribution is 7.71. The Hall–Kier alpha value is -1.68. The van der Waals surface area contributed by atoms with Gasteiger partial charge in [-0.1, -0.05) is 42.5 Å². The van der Waals surface area contributed by atoms with E-state index < -0.39 is 0 Å². The summed E-state index contributed by atoms with van der Waals surface area (Å²) in [5.41, 5.74) is 1.54. The second-order valence-electron chi connectivity index (χ2n) is 2.85. The topological polar surface area (TPSA) is 48.6 Å². The summed E-state index contributed by atoms with van der Waals surface area (Å²) in [4.78, 5) is 16.0. The molecule has 0 amide bonds. The summed E-state index contributed by atoms with van der Waals surface area (Å²) < 4.78 is 0.458. The molecule has 2 rings (SSSR count). The molecule has 0 radical (unpaired) electrons. The van der Waals surface area contributed by atoms with E-state index in [1.54, 1.807) is 6.20 Å². The smallest absolute Gasteiger partial charge is 0.314 e. The van der Waals surface area contributed by atoms with Gasteiger partial charge in [0.05, 0.1) is 0 Å². The number of aromatic nitrogens is 2. The number of nitrogens with one attached hydrogen (secondary N) is 2. The predicted octanol–water partition coefficient (Wildman–Crippen LogP) is 2.10. The van der Waals surface area contributed by atoms with Crippen LogP contribution in [0.15, 0.2) is 41.3 Å². The van der Waals surface area contributed by atoms with Gasteiger partial charge >= 0.3 is 5.69 Å². The van der Waals surface area contributed by atoms with Crippen LogP contribution in [0.4, 0.5) is 0 Å². The molecule has 0 aliphatic rings. The van der Waals surface area contributed by atoms with Gasteiger partial charge in [-0.3, -0.25) is 4.98 Å². The van der Waals surface area contributed by atoms with Crippen molar-refractivity contribution in [2.45, 2.75) is 0 Å². The first kappa shape index (κ1) is 8.90. The van der Waals surface area contributed by atoms with E-state index >= 15 is 0 Å². The summed E-state index contributed by atoms with van der Waals surface area (Å²) >= 11 is 5.05. The summed E-state index contributed by atoms with van der Waals surface area (Å²) in [6, 6.07) is 9.67. The van der Waals surface area contributed by atoms with Crippen LogP contribution < -0.4 is 5.69 Å². The highest BCUT2D eigenvalue weighted by Crippen LogP contribution is 2.16. The largest absolute Gasteiger partial charge is 0.323 e. The van der Waals surface area contributed by atoms with Gasteiger partial charge in [0, 0.05) is 11.8 Å². The average molecular weight is 204 g/mol. The molecule has 14 heavy (non-hydrogen) atoms.